The van der Waals surface area contributed by atoms with E-state index >= 15 is 0 Å². The molecule has 0 aliphatic heterocycles. The number of nitrogens with one attached hydrogen (secondary N) is 1. The minimum atomic E-state index is -0.155. The van der Waals surface area contributed by atoms with Crippen molar-refractivity contribution >= 4 is 17.2 Å². The third kappa shape index (κ3) is 5.08. The first-order valence-corrected chi connectivity index (χ1v) is 9.55. The Kier molecular flexibility index (Phi) is 6.44. The van der Waals surface area contributed by atoms with Crippen LogP contribution in [0.15, 0.2) is 53.9 Å². The highest BCUT2D eigenvalue weighted by Gasteiger charge is 2.11. The van der Waals surface area contributed by atoms with E-state index in [1.165, 1.54) is 16.9 Å². The van der Waals surface area contributed by atoms with E-state index in [1.54, 1.807) is 14.2 Å². The van der Waals surface area contributed by atoms with Crippen LogP contribution in [0.3, 0.4) is 0 Å². The fourth-order valence-corrected chi connectivity index (χ4v) is 3.53. The Labute approximate surface area is 163 Å². The Bertz CT molecular complexity index is 893. The average molecular weight is 382 g/mol. The van der Waals surface area contributed by atoms with E-state index in [0.717, 1.165) is 28.5 Å². The molecule has 0 saturated heterocycles. The molecule has 5 nitrogen and oxygen atoms in total. The van der Waals surface area contributed by atoms with Crippen LogP contribution in [0, 0.1) is 0 Å². The average Bonchev–Trinajstić information content (AvgIpc) is 3.17. The molecule has 2 aromatic carbocycles. The summed E-state index contributed by atoms with van der Waals surface area (Å²) in [4.78, 5) is 16.8. The van der Waals surface area contributed by atoms with E-state index < -0.39 is 0 Å². The van der Waals surface area contributed by atoms with E-state index in [-0.39, 0.29) is 5.91 Å². The summed E-state index contributed by atoms with van der Waals surface area (Å²) in [5.41, 5.74) is 2.67. The molecule has 0 saturated carbocycles. The molecule has 6 heteroatoms. The zero-order valence-corrected chi connectivity index (χ0v) is 16.2. The van der Waals surface area contributed by atoms with Crippen molar-refractivity contribution in [2.24, 2.45) is 0 Å². The van der Waals surface area contributed by atoms with Crippen LogP contribution in [-0.4, -0.2) is 31.7 Å². The van der Waals surface area contributed by atoms with Crippen molar-refractivity contribution < 1.29 is 14.3 Å². The molecule has 1 amide bonds. The number of nitrogens with zero attached hydrogens (tertiary/aromatic N) is 1. The molecule has 0 spiro atoms. The summed E-state index contributed by atoms with van der Waals surface area (Å²) >= 11 is 1.51. The molecular formula is C21H22N2O3S. The molecule has 140 valence electrons. The molecule has 3 rings (SSSR count). The van der Waals surface area contributed by atoms with Crippen LogP contribution in [0.25, 0.3) is 0 Å². The van der Waals surface area contributed by atoms with Gasteiger partial charge in [0, 0.05) is 24.4 Å². The van der Waals surface area contributed by atoms with Gasteiger partial charge in [0.25, 0.3) is 5.91 Å². The van der Waals surface area contributed by atoms with Crippen LogP contribution in [0.5, 0.6) is 11.5 Å². The molecule has 1 aromatic heterocycles. The number of benzene rings is 2. The highest BCUT2D eigenvalue weighted by atomic mass is 32.1. The lowest BCUT2D eigenvalue weighted by Crippen LogP contribution is -2.26. The van der Waals surface area contributed by atoms with Crippen molar-refractivity contribution in [2.75, 3.05) is 20.8 Å². The molecule has 0 fully saturated rings. The fourth-order valence-electron chi connectivity index (χ4n) is 2.73. The SMILES string of the molecule is COc1ccc(CCNC(=O)c2csc(Cc3ccccc3)n2)c(OC)c1. The lowest BCUT2D eigenvalue weighted by atomic mass is 10.1. The highest BCUT2D eigenvalue weighted by Crippen LogP contribution is 2.24. The van der Waals surface area contributed by atoms with Crippen molar-refractivity contribution in [2.45, 2.75) is 12.8 Å². The monoisotopic (exact) mass is 382 g/mol. The molecule has 0 aliphatic carbocycles. The minimum Gasteiger partial charge on any atom is -0.497 e. The number of methoxy groups -OCH3 is 2. The molecule has 27 heavy (non-hydrogen) atoms. The van der Waals surface area contributed by atoms with Gasteiger partial charge in [-0.2, -0.15) is 0 Å². The first-order valence-electron chi connectivity index (χ1n) is 8.67. The van der Waals surface area contributed by atoms with Gasteiger partial charge in [0.2, 0.25) is 0 Å². The van der Waals surface area contributed by atoms with Gasteiger partial charge in [0.1, 0.15) is 17.2 Å². The van der Waals surface area contributed by atoms with Crippen molar-refractivity contribution in [3.63, 3.8) is 0 Å². The van der Waals surface area contributed by atoms with E-state index in [1.807, 2.05) is 41.8 Å². The Morgan fingerprint density at radius 1 is 1.11 bits per heavy atom. The van der Waals surface area contributed by atoms with Crippen molar-refractivity contribution in [3.05, 3.63) is 75.7 Å². The number of hydrogen-bond acceptors (Lipinski definition) is 5. The summed E-state index contributed by atoms with van der Waals surface area (Å²) in [5.74, 6) is 1.34. The van der Waals surface area contributed by atoms with E-state index in [0.29, 0.717) is 18.7 Å². The number of aromatic nitrogens is 1. The Hall–Kier alpha value is -2.86. The number of thiazole rings is 1. The number of carbonyl (C=O) groups is 1. The van der Waals surface area contributed by atoms with Crippen LogP contribution in [-0.2, 0) is 12.8 Å². The zero-order chi connectivity index (χ0) is 19.1. The molecule has 1 heterocycles. The quantitative estimate of drug-likeness (QED) is 0.645. The van der Waals surface area contributed by atoms with Crippen molar-refractivity contribution in [1.82, 2.24) is 10.3 Å². The van der Waals surface area contributed by atoms with Crippen LogP contribution < -0.4 is 14.8 Å². The molecule has 0 bridgehead atoms. The molecule has 0 atom stereocenters. The summed E-state index contributed by atoms with van der Waals surface area (Å²) < 4.78 is 10.6. The molecule has 1 N–H and O–H groups in total. The van der Waals surface area contributed by atoms with Crippen LogP contribution in [0.1, 0.15) is 26.6 Å². The number of hydrogen-bond donors (Lipinski definition) is 1. The van der Waals surface area contributed by atoms with Gasteiger partial charge in [0.15, 0.2) is 0 Å². The molecule has 0 radical (unpaired) electrons. The molecule has 0 unspecified atom stereocenters. The summed E-state index contributed by atoms with van der Waals surface area (Å²) in [6.45, 7) is 0.507. The van der Waals surface area contributed by atoms with Gasteiger partial charge < -0.3 is 14.8 Å². The minimum absolute atomic E-state index is 0.155. The number of amides is 1. The molecule has 0 aliphatic rings. The fraction of sp³-hybridized carbons (Fsp3) is 0.238. The van der Waals surface area contributed by atoms with Gasteiger partial charge >= 0.3 is 0 Å². The number of ether oxygens (including phenoxy) is 2. The van der Waals surface area contributed by atoms with Gasteiger partial charge in [0.05, 0.1) is 19.2 Å². The number of rotatable bonds is 8. The normalized spacial score (nSPS) is 10.4. The highest BCUT2D eigenvalue weighted by molar-refractivity contribution is 7.09. The second kappa shape index (κ2) is 9.19. The van der Waals surface area contributed by atoms with Gasteiger partial charge in [-0.3, -0.25) is 4.79 Å². The topological polar surface area (TPSA) is 60.5 Å². The Morgan fingerprint density at radius 3 is 2.67 bits per heavy atom. The van der Waals surface area contributed by atoms with Crippen molar-refractivity contribution in [3.8, 4) is 11.5 Å². The lowest BCUT2D eigenvalue weighted by molar-refractivity contribution is 0.0949. The number of carbonyl (C=O) groups excluding carboxylic acids is 1. The van der Waals surface area contributed by atoms with Gasteiger partial charge in [-0.1, -0.05) is 36.4 Å². The maximum Gasteiger partial charge on any atom is 0.270 e. The summed E-state index contributed by atoms with van der Waals surface area (Å²) in [6.07, 6.45) is 1.40. The van der Waals surface area contributed by atoms with Gasteiger partial charge in [-0.15, -0.1) is 11.3 Å². The first-order chi connectivity index (χ1) is 13.2. The summed E-state index contributed by atoms with van der Waals surface area (Å²) in [7, 11) is 3.25. The lowest BCUT2D eigenvalue weighted by Gasteiger charge is -2.10. The third-order valence-electron chi connectivity index (χ3n) is 4.16. The maximum absolute atomic E-state index is 12.3. The zero-order valence-electron chi connectivity index (χ0n) is 15.4. The van der Waals surface area contributed by atoms with Gasteiger partial charge in [-0.25, -0.2) is 4.98 Å². The summed E-state index contributed by atoms with van der Waals surface area (Å²) in [5, 5.41) is 5.66. The predicted octanol–water partition coefficient (Wildman–Crippen LogP) is 3.72. The van der Waals surface area contributed by atoms with Crippen molar-refractivity contribution in [1.29, 1.82) is 0 Å². The predicted molar refractivity (Wildman–Crippen MR) is 107 cm³/mol. The van der Waals surface area contributed by atoms with E-state index in [9.17, 15) is 4.79 Å². The van der Waals surface area contributed by atoms with Gasteiger partial charge in [-0.05, 0) is 23.6 Å². The smallest absolute Gasteiger partial charge is 0.270 e. The summed E-state index contributed by atoms with van der Waals surface area (Å²) in [6, 6.07) is 15.8. The second-order valence-corrected chi connectivity index (χ2v) is 6.92. The van der Waals surface area contributed by atoms with Crippen LogP contribution in [0.2, 0.25) is 0 Å². The first kappa shape index (κ1) is 18.9. The Morgan fingerprint density at radius 2 is 1.93 bits per heavy atom. The Balaban J connectivity index is 1.54. The largest absolute Gasteiger partial charge is 0.497 e. The van der Waals surface area contributed by atoms with E-state index in [2.05, 4.69) is 22.4 Å². The maximum atomic E-state index is 12.3. The third-order valence-corrected chi connectivity index (χ3v) is 5.01. The molecule has 3 aromatic rings. The standard InChI is InChI=1S/C21H22N2O3S/c1-25-17-9-8-16(19(13-17)26-2)10-11-22-21(24)18-14-27-20(23-18)12-15-6-4-3-5-7-15/h3-9,13-14H,10-12H2,1-2H3,(H,22,24). The van der Waals surface area contributed by atoms with E-state index in [4.69, 9.17) is 9.47 Å². The molecular weight excluding hydrogens is 360 g/mol. The van der Waals surface area contributed by atoms with Crippen LogP contribution in [0.4, 0.5) is 0 Å². The second-order valence-electron chi connectivity index (χ2n) is 5.97. The van der Waals surface area contributed by atoms with Crippen LogP contribution >= 0.6 is 11.3 Å².